The Morgan fingerprint density at radius 1 is 1.38 bits per heavy atom. The van der Waals surface area contributed by atoms with Gasteiger partial charge in [0.25, 0.3) is 0 Å². The fourth-order valence-electron chi connectivity index (χ4n) is 1.06. The van der Waals surface area contributed by atoms with E-state index in [-0.39, 0.29) is 70.2 Å². The van der Waals surface area contributed by atoms with E-state index < -0.39 is 5.97 Å². The molecule has 4 nitrogen and oxygen atoms in total. The average Bonchev–Trinajstić information content (AvgIpc) is 2.17. The Morgan fingerprint density at radius 2 is 2.06 bits per heavy atom. The van der Waals surface area contributed by atoms with Crippen molar-refractivity contribution < 1.29 is 66.4 Å². The van der Waals surface area contributed by atoms with Crippen LogP contribution in [-0.2, 0) is 4.79 Å². The molecular formula is C11H18KNO3. The molecule has 0 heterocycles. The van der Waals surface area contributed by atoms with Crippen LogP contribution in [0.15, 0.2) is 17.1 Å². The van der Waals surface area contributed by atoms with Gasteiger partial charge in [-0.05, 0) is 38.5 Å². The molecule has 16 heavy (non-hydrogen) atoms. The summed E-state index contributed by atoms with van der Waals surface area (Å²) >= 11 is 0. The maximum atomic E-state index is 11.1. The van der Waals surface area contributed by atoms with E-state index in [1.54, 1.807) is 0 Å². The Hall–Kier alpha value is 0.316. The van der Waals surface area contributed by atoms with Gasteiger partial charge in [0.15, 0.2) is 0 Å². The molecule has 0 saturated heterocycles. The van der Waals surface area contributed by atoms with Gasteiger partial charge in [-0.25, -0.2) is 0 Å². The molecule has 0 aliphatic carbocycles. The van der Waals surface area contributed by atoms with Crippen LogP contribution in [0, 0.1) is 0 Å². The summed E-state index contributed by atoms with van der Waals surface area (Å²) in [5, 5.41) is 19.4. The molecule has 0 spiro atoms. The molecule has 0 fully saturated rings. The summed E-state index contributed by atoms with van der Waals surface area (Å²) in [6.07, 6.45) is 7.19. The van der Waals surface area contributed by atoms with E-state index in [0.29, 0.717) is 6.42 Å². The summed E-state index contributed by atoms with van der Waals surface area (Å²) in [5.74, 6) is -1.10. The number of aliphatic carboxylic acids is 1. The van der Waals surface area contributed by atoms with Crippen LogP contribution in [0.5, 0.6) is 0 Å². The first-order valence-corrected chi connectivity index (χ1v) is 5.20. The minimum absolute atomic E-state index is 0. The Labute approximate surface area is 139 Å². The third-order valence-corrected chi connectivity index (χ3v) is 1.86. The molecular weight excluding hydrogens is 233 g/mol. The zero-order chi connectivity index (χ0) is 11.5. The fourth-order valence-corrected chi connectivity index (χ4v) is 1.06. The predicted octanol–water partition coefficient (Wildman–Crippen LogP) is -1.64. The molecule has 5 heteroatoms. The minimum Gasteiger partial charge on any atom is -0.862 e. The van der Waals surface area contributed by atoms with Crippen LogP contribution in [-0.4, -0.2) is 23.5 Å². The molecule has 0 amide bonds. The molecule has 0 aromatic rings. The molecule has 0 rings (SSSR count). The molecule has 0 bridgehead atoms. The zero-order valence-electron chi connectivity index (χ0n) is 10.1. The number of nitrogens with zero attached hydrogens (tertiary/aromatic N) is 1. The molecule has 1 N–H and O–H groups in total. The number of hydrogen-bond acceptors (Lipinski definition) is 3. The van der Waals surface area contributed by atoms with E-state index in [0.717, 1.165) is 19.3 Å². The number of allylic oxidation sites excluding steroid dienone is 2. The smallest absolute Gasteiger partial charge is 0.862 e. The molecule has 0 saturated carbocycles. The first kappa shape index (κ1) is 18.7. The van der Waals surface area contributed by atoms with Crippen molar-refractivity contribution in [2.75, 3.05) is 6.54 Å². The van der Waals surface area contributed by atoms with Crippen molar-refractivity contribution in [1.82, 2.24) is 0 Å². The standard InChI is InChI=1S/C11H19NO3.K/c1-2-3-4-5-6-7-10(13)12-9-8-11(14)15;/h2-3H,4-9H2,1H3,(H,12,13)(H,14,15);/q;+1/p-1/b3-2+;. The first-order valence-electron chi connectivity index (χ1n) is 5.20. The second-order valence-corrected chi connectivity index (χ2v) is 3.23. The first-order chi connectivity index (χ1) is 7.16. The van der Waals surface area contributed by atoms with Gasteiger partial charge in [0.2, 0.25) is 0 Å². The largest absolute Gasteiger partial charge is 1.00 e. The monoisotopic (exact) mass is 251 g/mol. The second-order valence-electron chi connectivity index (χ2n) is 3.23. The van der Waals surface area contributed by atoms with Gasteiger partial charge in [0.05, 0.1) is 6.42 Å². The van der Waals surface area contributed by atoms with Gasteiger partial charge in [-0.15, -0.1) is 0 Å². The van der Waals surface area contributed by atoms with Crippen LogP contribution >= 0.6 is 0 Å². The molecule has 0 aliphatic rings. The third kappa shape index (κ3) is 14.3. The molecule has 0 unspecified atom stereocenters. The fraction of sp³-hybridized carbons (Fsp3) is 0.636. The zero-order valence-corrected chi connectivity index (χ0v) is 13.2. The van der Waals surface area contributed by atoms with Crippen molar-refractivity contribution >= 4 is 11.9 Å². The number of aliphatic imine (C=N–C) groups is 1. The van der Waals surface area contributed by atoms with E-state index in [9.17, 15) is 9.90 Å². The summed E-state index contributed by atoms with van der Waals surface area (Å²) < 4.78 is 0. The summed E-state index contributed by atoms with van der Waals surface area (Å²) in [7, 11) is 0. The topological polar surface area (TPSA) is 72.7 Å². The number of carboxylic acids is 1. The second kappa shape index (κ2) is 13.4. The van der Waals surface area contributed by atoms with Crippen molar-refractivity contribution in [1.29, 1.82) is 0 Å². The predicted molar refractivity (Wildman–Crippen MR) is 57.8 cm³/mol. The quantitative estimate of drug-likeness (QED) is 0.185. The van der Waals surface area contributed by atoms with Crippen LogP contribution in [0.2, 0.25) is 0 Å². The summed E-state index contributed by atoms with van der Waals surface area (Å²) in [5.41, 5.74) is 0. The maximum Gasteiger partial charge on any atom is 1.00 e. The molecule has 0 aliphatic heterocycles. The van der Waals surface area contributed by atoms with Crippen molar-refractivity contribution in [2.45, 2.75) is 39.0 Å². The Morgan fingerprint density at radius 3 is 2.62 bits per heavy atom. The van der Waals surface area contributed by atoms with Gasteiger partial charge in [0.1, 0.15) is 0 Å². The van der Waals surface area contributed by atoms with Crippen molar-refractivity contribution in [3.63, 3.8) is 0 Å². The number of carboxylic acid groups (broad SMARTS) is 1. The Bertz CT molecular complexity index is 239. The van der Waals surface area contributed by atoms with E-state index in [2.05, 4.69) is 11.1 Å². The number of carbonyl (C=O) groups is 1. The van der Waals surface area contributed by atoms with E-state index in [1.807, 2.05) is 13.0 Å². The van der Waals surface area contributed by atoms with Gasteiger partial charge in [-0.3, -0.25) is 4.79 Å². The summed E-state index contributed by atoms with van der Waals surface area (Å²) in [6, 6.07) is 0. The number of hydrogen-bond donors (Lipinski definition) is 1. The maximum absolute atomic E-state index is 11.1. The van der Waals surface area contributed by atoms with E-state index >= 15 is 0 Å². The molecule has 86 valence electrons. The molecule has 0 aromatic heterocycles. The Kier molecular flexibility index (Phi) is 15.6. The van der Waals surface area contributed by atoms with Crippen LogP contribution in [0.4, 0.5) is 0 Å². The normalized spacial score (nSPS) is 11.4. The van der Waals surface area contributed by atoms with Gasteiger partial charge >= 0.3 is 57.4 Å². The van der Waals surface area contributed by atoms with Gasteiger partial charge in [-0.2, -0.15) is 0 Å². The van der Waals surface area contributed by atoms with E-state index in [4.69, 9.17) is 5.11 Å². The van der Waals surface area contributed by atoms with Gasteiger partial charge in [0, 0.05) is 6.54 Å². The van der Waals surface area contributed by atoms with Crippen molar-refractivity contribution in [3.8, 4) is 0 Å². The Balaban J connectivity index is 0. The number of unbranched alkanes of at least 4 members (excludes halogenated alkanes) is 2. The molecule has 0 radical (unpaired) electrons. The van der Waals surface area contributed by atoms with Crippen molar-refractivity contribution in [3.05, 3.63) is 12.2 Å². The van der Waals surface area contributed by atoms with Gasteiger partial charge < -0.3 is 15.2 Å². The summed E-state index contributed by atoms with van der Waals surface area (Å²) in [6.45, 7) is 2.06. The third-order valence-electron chi connectivity index (χ3n) is 1.86. The van der Waals surface area contributed by atoms with Gasteiger partial charge in [-0.1, -0.05) is 12.2 Å². The van der Waals surface area contributed by atoms with Crippen molar-refractivity contribution in [2.24, 2.45) is 4.99 Å². The summed E-state index contributed by atoms with van der Waals surface area (Å²) in [4.78, 5) is 13.8. The SMILES string of the molecule is C/C=C/CCCCC([O-])=NCCC(=O)O.[K+]. The molecule has 0 atom stereocenters. The van der Waals surface area contributed by atoms with E-state index in [1.165, 1.54) is 0 Å². The number of rotatable bonds is 8. The molecule has 0 aromatic carbocycles. The van der Waals surface area contributed by atoms with Crippen LogP contribution in [0.25, 0.3) is 0 Å². The van der Waals surface area contributed by atoms with Crippen LogP contribution in [0.1, 0.15) is 39.0 Å². The minimum atomic E-state index is -0.917. The average molecular weight is 251 g/mol. The van der Waals surface area contributed by atoms with Crippen LogP contribution < -0.4 is 56.5 Å². The van der Waals surface area contributed by atoms with Crippen LogP contribution in [0.3, 0.4) is 0 Å².